The van der Waals surface area contributed by atoms with Gasteiger partial charge in [-0.3, -0.25) is 0 Å². The van der Waals surface area contributed by atoms with E-state index < -0.39 is 0 Å². The lowest BCUT2D eigenvalue weighted by molar-refractivity contribution is 0.00578. The Hall–Kier alpha value is -1.59. The fourth-order valence-electron chi connectivity index (χ4n) is 8.08. The van der Waals surface area contributed by atoms with Gasteiger partial charge in [-0.15, -0.1) is 0 Å². The molecule has 0 amide bonds. The van der Waals surface area contributed by atoms with E-state index in [0.717, 1.165) is 17.3 Å². The molecule has 1 aliphatic carbocycles. The highest BCUT2D eigenvalue weighted by molar-refractivity contribution is 6.62. The SMILES string of the molecule is CCCCCCCCC1(C(C)CCCCCC)c2cc(B3OC(C)(C)C(C)(C)O3)ccc2-c2ccc(B3OC(C)(C)C(C)(C)O3)cc21. The Labute approximate surface area is 288 Å². The van der Waals surface area contributed by atoms with E-state index in [-0.39, 0.29) is 42.1 Å². The third kappa shape index (κ3) is 6.92. The second kappa shape index (κ2) is 14.0. The summed E-state index contributed by atoms with van der Waals surface area (Å²) in [5, 5.41) is 0. The highest BCUT2D eigenvalue weighted by atomic mass is 16.7. The topological polar surface area (TPSA) is 36.9 Å². The molecule has 2 heterocycles. The fraction of sp³-hybridized carbons (Fsp3) is 0.707. The Morgan fingerprint density at radius 2 is 0.915 bits per heavy atom. The van der Waals surface area contributed by atoms with Crippen molar-refractivity contribution in [3.8, 4) is 11.1 Å². The first-order valence-corrected chi connectivity index (χ1v) is 19.1. The van der Waals surface area contributed by atoms with Gasteiger partial charge in [-0.2, -0.15) is 0 Å². The fourth-order valence-corrected chi connectivity index (χ4v) is 8.08. The summed E-state index contributed by atoms with van der Waals surface area (Å²) in [7, 11) is -0.748. The van der Waals surface area contributed by atoms with Crippen LogP contribution in [0.1, 0.15) is 164 Å². The van der Waals surface area contributed by atoms with Crippen LogP contribution in [-0.4, -0.2) is 36.6 Å². The summed E-state index contributed by atoms with van der Waals surface area (Å²) in [5.74, 6) is 0.483. The minimum Gasteiger partial charge on any atom is -0.399 e. The number of fused-ring (bicyclic) bond motifs is 3. The normalized spacial score (nSPS) is 22.0. The molecule has 2 saturated heterocycles. The van der Waals surface area contributed by atoms with Gasteiger partial charge in [-0.25, -0.2) is 0 Å². The second-order valence-electron chi connectivity index (χ2n) is 17.0. The van der Waals surface area contributed by atoms with Crippen molar-refractivity contribution >= 4 is 25.2 Å². The van der Waals surface area contributed by atoms with Gasteiger partial charge in [-0.1, -0.05) is 121 Å². The van der Waals surface area contributed by atoms with Crippen LogP contribution < -0.4 is 10.9 Å². The van der Waals surface area contributed by atoms with Crippen LogP contribution in [0.2, 0.25) is 0 Å². The van der Waals surface area contributed by atoms with E-state index in [2.05, 4.69) is 113 Å². The largest absolute Gasteiger partial charge is 0.494 e. The molecule has 2 aromatic rings. The number of hydrogen-bond acceptors (Lipinski definition) is 4. The van der Waals surface area contributed by atoms with Crippen molar-refractivity contribution in [3.05, 3.63) is 47.5 Å². The van der Waals surface area contributed by atoms with Crippen molar-refractivity contribution < 1.29 is 18.6 Å². The van der Waals surface area contributed by atoms with Crippen molar-refractivity contribution in [3.63, 3.8) is 0 Å². The van der Waals surface area contributed by atoms with Crippen molar-refractivity contribution in [2.24, 2.45) is 5.92 Å². The van der Waals surface area contributed by atoms with Crippen LogP contribution in [0, 0.1) is 5.92 Å². The third-order valence-corrected chi connectivity index (χ3v) is 12.6. The Morgan fingerprint density at radius 3 is 1.34 bits per heavy atom. The highest BCUT2D eigenvalue weighted by Crippen LogP contribution is 2.56. The lowest BCUT2D eigenvalue weighted by Gasteiger charge is -2.39. The zero-order chi connectivity index (χ0) is 34.3. The molecule has 3 aliphatic rings. The smallest absolute Gasteiger partial charge is 0.399 e. The van der Waals surface area contributed by atoms with E-state index in [0.29, 0.717) is 5.92 Å². The Bertz CT molecular complexity index is 1260. The predicted molar refractivity (Wildman–Crippen MR) is 200 cm³/mol. The Balaban J connectivity index is 1.60. The van der Waals surface area contributed by atoms with Crippen LogP contribution in [0.15, 0.2) is 36.4 Å². The first kappa shape index (κ1) is 36.7. The standard InChI is InChI=1S/C41H64B2O4/c1-12-14-16-18-19-21-27-41(30(3)22-20-17-15-13-2)35-28-31(42-44-37(4,5)38(6,7)45-42)23-25-33(35)34-26-24-32(29-36(34)41)43-46-39(8,9)40(10,11)47-43/h23-26,28-30H,12-22,27H2,1-11H3. The lowest BCUT2D eigenvalue weighted by atomic mass is 9.62. The minimum atomic E-state index is -0.375. The van der Waals surface area contributed by atoms with Gasteiger partial charge in [0.25, 0.3) is 0 Å². The summed E-state index contributed by atoms with van der Waals surface area (Å²) in [4.78, 5) is 0. The monoisotopic (exact) mass is 642 g/mol. The minimum absolute atomic E-state index is 0.0963. The average molecular weight is 643 g/mol. The van der Waals surface area contributed by atoms with Crippen molar-refractivity contribution in [1.82, 2.24) is 0 Å². The molecule has 2 fully saturated rings. The lowest BCUT2D eigenvalue weighted by Crippen LogP contribution is -2.41. The van der Waals surface area contributed by atoms with Crippen LogP contribution in [0.25, 0.3) is 11.1 Å². The number of unbranched alkanes of at least 4 members (excludes halogenated alkanes) is 8. The van der Waals surface area contributed by atoms with Gasteiger partial charge in [0.2, 0.25) is 0 Å². The molecule has 0 saturated carbocycles. The zero-order valence-electron chi connectivity index (χ0n) is 31.8. The van der Waals surface area contributed by atoms with E-state index >= 15 is 0 Å². The van der Waals surface area contributed by atoms with Gasteiger partial charge in [0.15, 0.2) is 0 Å². The molecule has 4 nitrogen and oxygen atoms in total. The van der Waals surface area contributed by atoms with Crippen LogP contribution >= 0.6 is 0 Å². The van der Waals surface area contributed by atoms with Crippen LogP contribution in [-0.2, 0) is 24.0 Å². The van der Waals surface area contributed by atoms with Crippen molar-refractivity contribution in [2.75, 3.05) is 0 Å². The predicted octanol–water partition coefficient (Wildman–Crippen LogP) is 9.91. The molecular formula is C41H64B2O4. The van der Waals surface area contributed by atoms with Gasteiger partial charge < -0.3 is 18.6 Å². The van der Waals surface area contributed by atoms with Gasteiger partial charge in [0.1, 0.15) is 0 Å². The number of rotatable bonds is 15. The molecule has 0 aromatic heterocycles. The van der Waals surface area contributed by atoms with E-state index in [9.17, 15) is 0 Å². The van der Waals surface area contributed by atoms with Gasteiger partial charge >= 0.3 is 14.2 Å². The number of hydrogen-bond donors (Lipinski definition) is 0. The van der Waals surface area contributed by atoms with Crippen LogP contribution in [0.4, 0.5) is 0 Å². The van der Waals surface area contributed by atoms with Gasteiger partial charge in [-0.05, 0) is 107 Å². The summed E-state index contributed by atoms with van der Waals surface area (Å²) < 4.78 is 26.5. The molecule has 6 heteroatoms. The molecule has 258 valence electrons. The van der Waals surface area contributed by atoms with E-state index in [4.69, 9.17) is 18.6 Å². The van der Waals surface area contributed by atoms with Crippen LogP contribution in [0.5, 0.6) is 0 Å². The second-order valence-corrected chi connectivity index (χ2v) is 17.0. The Morgan fingerprint density at radius 1 is 0.532 bits per heavy atom. The van der Waals surface area contributed by atoms with Gasteiger partial charge in [0, 0.05) is 5.41 Å². The zero-order valence-corrected chi connectivity index (χ0v) is 31.8. The van der Waals surface area contributed by atoms with Gasteiger partial charge in [0.05, 0.1) is 22.4 Å². The molecule has 2 aromatic carbocycles. The first-order valence-electron chi connectivity index (χ1n) is 19.1. The number of benzene rings is 2. The van der Waals surface area contributed by atoms with Crippen molar-refractivity contribution in [2.45, 2.75) is 181 Å². The summed E-state index contributed by atoms with van der Waals surface area (Å²) in [6, 6.07) is 14.1. The summed E-state index contributed by atoms with van der Waals surface area (Å²) in [5.41, 5.74) is 6.32. The summed E-state index contributed by atoms with van der Waals surface area (Å²) in [6.45, 7) is 24.3. The third-order valence-electron chi connectivity index (χ3n) is 12.6. The maximum atomic E-state index is 6.61. The molecule has 0 bridgehead atoms. The molecule has 5 rings (SSSR count). The molecule has 1 unspecified atom stereocenters. The molecule has 0 spiro atoms. The molecule has 1 atom stereocenters. The highest BCUT2D eigenvalue weighted by Gasteiger charge is 2.54. The summed E-state index contributed by atoms with van der Waals surface area (Å²) in [6.07, 6.45) is 15.3. The first-order chi connectivity index (χ1) is 22.1. The van der Waals surface area contributed by atoms with E-state index in [1.807, 2.05) is 0 Å². The maximum Gasteiger partial charge on any atom is 0.494 e. The molecular weight excluding hydrogens is 578 g/mol. The quantitative estimate of drug-likeness (QED) is 0.143. The Kier molecular flexibility index (Phi) is 10.9. The van der Waals surface area contributed by atoms with Crippen LogP contribution in [0.3, 0.4) is 0 Å². The van der Waals surface area contributed by atoms with E-state index in [1.54, 1.807) is 0 Å². The summed E-state index contributed by atoms with van der Waals surface area (Å²) >= 11 is 0. The van der Waals surface area contributed by atoms with Crippen molar-refractivity contribution in [1.29, 1.82) is 0 Å². The molecule has 2 aliphatic heterocycles. The maximum absolute atomic E-state index is 6.61. The van der Waals surface area contributed by atoms with E-state index in [1.165, 1.54) is 92.9 Å². The molecule has 0 radical (unpaired) electrons. The molecule has 0 N–H and O–H groups in total. The molecule has 47 heavy (non-hydrogen) atoms. The average Bonchev–Trinajstić information content (AvgIpc) is 3.51.